The third kappa shape index (κ3) is 4.86. The number of aromatic nitrogens is 1. The monoisotopic (exact) mass is 286 g/mol. The van der Waals surface area contributed by atoms with Crippen LogP contribution >= 0.6 is 0 Å². The largest absolute Gasteiger partial charge is 0.462 e. The van der Waals surface area contributed by atoms with Crippen LogP contribution < -0.4 is 5.73 Å². The van der Waals surface area contributed by atoms with E-state index in [1.165, 1.54) is 12.3 Å². The number of nitrogens with zero attached hydrogens (tertiary/aromatic N) is 1. The van der Waals surface area contributed by atoms with Crippen LogP contribution in [0.1, 0.15) is 29.4 Å². The lowest BCUT2D eigenvalue weighted by molar-refractivity contribution is 0.0504. The Hall–Kier alpha value is -1.63. The summed E-state index contributed by atoms with van der Waals surface area (Å²) in [5, 5.41) is 0. The van der Waals surface area contributed by atoms with Gasteiger partial charge >= 0.3 is 5.97 Å². The lowest BCUT2D eigenvalue weighted by Crippen LogP contribution is -2.14. The normalized spacial score (nSPS) is 11.3. The highest BCUT2D eigenvalue weighted by Crippen LogP contribution is 2.11. The van der Waals surface area contributed by atoms with Crippen LogP contribution in [0.15, 0.2) is 12.3 Å². The zero-order valence-corrected chi connectivity index (χ0v) is 11.9. The van der Waals surface area contributed by atoms with E-state index in [-0.39, 0.29) is 24.5 Å². The molecular formula is C12H18N2O4S. The van der Waals surface area contributed by atoms with Crippen LogP contribution in [0.3, 0.4) is 0 Å². The average Bonchev–Trinajstić information content (AvgIpc) is 2.37. The summed E-state index contributed by atoms with van der Waals surface area (Å²) in [5.74, 6) is -0.421. The third-order valence-corrected chi connectivity index (χ3v) is 4.39. The number of anilines is 1. The van der Waals surface area contributed by atoms with E-state index in [1.807, 2.05) is 0 Å². The molecule has 0 fully saturated rings. The number of nitrogens with two attached hydrogens (primary N) is 1. The van der Waals surface area contributed by atoms with Crippen LogP contribution in [0.2, 0.25) is 0 Å². The van der Waals surface area contributed by atoms with Gasteiger partial charge in [0.2, 0.25) is 0 Å². The summed E-state index contributed by atoms with van der Waals surface area (Å²) in [6.45, 7) is 3.33. The molecule has 0 aliphatic carbocycles. The number of rotatable bonds is 6. The van der Waals surface area contributed by atoms with E-state index in [0.29, 0.717) is 16.9 Å². The van der Waals surface area contributed by atoms with E-state index in [1.54, 1.807) is 13.8 Å². The maximum absolute atomic E-state index is 11.7. The average molecular weight is 286 g/mol. The van der Waals surface area contributed by atoms with Crippen molar-refractivity contribution in [3.05, 3.63) is 23.5 Å². The van der Waals surface area contributed by atoms with Gasteiger partial charge in [0.15, 0.2) is 0 Å². The van der Waals surface area contributed by atoms with Gasteiger partial charge in [-0.05, 0) is 19.4 Å². The molecule has 0 unspecified atom stereocenters. The maximum Gasteiger partial charge on any atom is 0.340 e. The fourth-order valence-corrected chi connectivity index (χ4v) is 2.27. The first-order chi connectivity index (χ1) is 8.85. The Kier molecular flexibility index (Phi) is 5.29. The Labute approximate surface area is 112 Å². The van der Waals surface area contributed by atoms with Crippen molar-refractivity contribution in [2.45, 2.75) is 20.3 Å². The standard InChI is InChI=1S/C12H18N2O4S/c1-3-19(16,17)6-4-5-18-12(15)11-7-10(13)8-14-9(11)2/h7-8H,3-6,13H2,1-2H3. The first-order valence-corrected chi connectivity index (χ1v) is 7.77. The number of pyridine rings is 1. The number of carbonyl (C=O) groups excluding carboxylic acids is 1. The predicted molar refractivity (Wildman–Crippen MR) is 72.6 cm³/mol. The minimum Gasteiger partial charge on any atom is -0.462 e. The summed E-state index contributed by atoms with van der Waals surface area (Å²) in [7, 11) is -3.02. The van der Waals surface area contributed by atoms with Crippen LogP contribution in [0.5, 0.6) is 0 Å². The van der Waals surface area contributed by atoms with Gasteiger partial charge in [-0.25, -0.2) is 13.2 Å². The Morgan fingerprint density at radius 3 is 2.79 bits per heavy atom. The first kappa shape index (κ1) is 15.4. The van der Waals surface area contributed by atoms with Gasteiger partial charge in [-0.1, -0.05) is 6.92 Å². The number of esters is 1. The van der Waals surface area contributed by atoms with Crippen LogP contribution in [-0.4, -0.2) is 37.5 Å². The second kappa shape index (κ2) is 6.51. The van der Waals surface area contributed by atoms with E-state index in [0.717, 1.165) is 0 Å². The molecule has 0 saturated carbocycles. The maximum atomic E-state index is 11.7. The highest BCUT2D eigenvalue weighted by Gasteiger charge is 2.13. The SMILES string of the molecule is CCS(=O)(=O)CCCOC(=O)c1cc(N)cnc1C. The molecule has 0 radical (unpaired) electrons. The summed E-state index contributed by atoms with van der Waals surface area (Å²) in [6, 6.07) is 1.49. The summed E-state index contributed by atoms with van der Waals surface area (Å²) in [6.07, 6.45) is 1.75. The molecule has 1 aromatic rings. The number of sulfone groups is 1. The molecule has 0 aliphatic rings. The number of hydrogen-bond donors (Lipinski definition) is 1. The second-order valence-corrected chi connectivity index (χ2v) is 6.60. The second-order valence-electron chi connectivity index (χ2n) is 4.13. The quantitative estimate of drug-likeness (QED) is 0.617. The van der Waals surface area contributed by atoms with Crippen molar-refractivity contribution in [3.63, 3.8) is 0 Å². The third-order valence-electron chi connectivity index (χ3n) is 2.60. The van der Waals surface area contributed by atoms with Gasteiger partial charge in [0.25, 0.3) is 0 Å². The van der Waals surface area contributed by atoms with E-state index in [2.05, 4.69) is 4.98 Å². The van der Waals surface area contributed by atoms with Crippen molar-refractivity contribution in [1.29, 1.82) is 0 Å². The molecule has 0 amide bonds. The van der Waals surface area contributed by atoms with Crippen molar-refractivity contribution in [1.82, 2.24) is 4.98 Å². The van der Waals surface area contributed by atoms with Gasteiger partial charge in [0.1, 0.15) is 9.84 Å². The summed E-state index contributed by atoms with van der Waals surface area (Å²) < 4.78 is 27.5. The number of aryl methyl sites for hydroxylation is 1. The molecule has 1 aromatic heterocycles. The Morgan fingerprint density at radius 1 is 1.47 bits per heavy atom. The van der Waals surface area contributed by atoms with Gasteiger partial charge in [-0.2, -0.15) is 0 Å². The smallest absolute Gasteiger partial charge is 0.340 e. The van der Waals surface area contributed by atoms with Crippen LogP contribution in [0.4, 0.5) is 5.69 Å². The molecule has 0 aromatic carbocycles. The molecule has 2 N–H and O–H groups in total. The Bertz CT molecular complexity index is 555. The zero-order valence-electron chi connectivity index (χ0n) is 11.0. The zero-order chi connectivity index (χ0) is 14.5. The molecule has 1 rings (SSSR count). The summed E-state index contributed by atoms with van der Waals surface area (Å²) in [5.41, 5.74) is 6.76. The van der Waals surface area contributed by atoms with E-state index in [9.17, 15) is 13.2 Å². The number of hydrogen-bond acceptors (Lipinski definition) is 6. The lowest BCUT2D eigenvalue weighted by atomic mass is 10.2. The molecule has 0 bridgehead atoms. The van der Waals surface area contributed by atoms with Gasteiger partial charge in [-0.3, -0.25) is 4.98 Å². The minimum atomic E-state index is -3.02. The van der Waals surface area contributed by atoms with E-state index >= 15 is 0 Å². The predicted octanol–water partition coefficient (Wildman–Crippen LogP) is 0.954. The van der Waals surface area contributed by atoms with E-state index in [4.69, 9.17) is 10.5 Å². The molecule has 19 heavy (non-hydrogen) atoms. The fourth-order valence-electron chi connectivity index (χ4n) is 1.42. The van der Waals surface area contributed by atoms with Gasteiger partial charge in [0, 0.05) is 5.75 Å². The van der Waals surface area contributed by atoms with Crippen molar-refractivity contribution in [3.8, 4) is 0 Å². The van der Waals surface area contributed by atoms with Crippen molar-refractivity contribution < 1.29 is 17.9 Å². The topological polar surface area (TPSA) is 99.4 Å². The first-order valence-electron chi connectivity index (χ1n) is 5.95. The molecule has 1 heterocycles. The molecular weight excluding hydrogens is 268 g/mol. The van der Waals surface area contributed by atoms with Crippen molar-refractivity contribution in [2.75, 3.05) is 23.8 Å². The number of nitrogen functional groups attached to an aromatic ring is 1. The highest BCUT2D eigenvalue weighted by molar-refractivity contribution is 7.91. The highest BCUT2D eigenvalue weighted by atomic mass is 32.2. The molecule has 7 heteroatoms. The molecule has 0 aliphatic heterocycles. The Morgan fingerprint density at radius 2 is 2.16 bits per heavy atom. The van der Waals surface area contributed by atoms with Crippen LogP contribution in [0.25, 0.3) is 0 Å². The summed E-state index contributed by atoms with van der Waals surface area (Å²) >= 11 is 0. The van der Waals surface area contributed by atoms with Gasteiger partial charge in [-0.15, -0.1) is 0 Å². The number of carbonyl (C=O) groups is 1. The fraction of sp³-hybridized carbons (Fsp3) is 0.500. The van der Waals surface area contributed by atoms with Crippen molar-refractivity contribution in [2.24, 2.45) is 0 Å². The molecule has 0 spiro atoms. The Balaban J connectivity index is 2.50. The molecule has 0 atom stereocenters. The van der Waals surface area contributed by atoms with Crippen LogP contribution in [0, 0.1) is 6.92 Å². The molecule has 0 saturated heterocycles. The van der Waals surface area contributed by atoms with Crippen LogP contribution in [-0.2, 0) is 14.6 Å². The van der Waals surface area contributed by atoms with E-state index < -0.39 is 15.8 Å². The lowest BCUT2D eigenvalue weighted by Gasteiger charge is -2.07. The number of ether oxygens (including phenoxy) is 1. The summed E-state index contributed by atoms with van der Waals surface area (Å²) in [4.78, 5) is 15.7. The van der Waals surface area contributed by atoms with Crippen molar-refractivity contribution >= 4 is 21.5 Å². The van der Waals surface area contributed by atoms with Gasteiger partial charge < -0.3 is 10.5 Å². The molecule has 6 nitrogen and oxygen atoms in total. The van der Waals surface area contributed by atoms with Gasteiger partial charge in [0.05, 0.1) is 35.5 Å². The minimum absolute atomic E-state index is 0.0188. The molecule has 106 valence electrons.